The number of nitrogens with zero attached hydrogens (tertiary/aromatic N) is 2. The molecule has 2 saturated carbocycles. The number of H-pyrrole nitrogens is 1. The van der Waals surface area contributed by atoms with E-state index in [1.807, 2.05) is 11.0 Å². The Bertz CT molecular complexity index is 643. The monoisotopic (exact) mass is 316 g/mol. The summed E-state index contributed by atoms with van der Waals surface area (Å²) >= 11 is 0. The Morgan fingerprint density at radius 1 is 1.39 bits per heavy atom. The second-order valence-corrected chi connectivity index (χ2v) is 7.75. The molecule has 3 aliphatic rings. The van der Waals surface area contributed by atoms with Gasteiger partial charge in [-0.15, -0.1) is 0 Å². The van der Waals surface area contributed by atoms with Crippen LogP contribution in [0.3, 0.4) is 0 Å². The summed E-state index contributed by atoms with van der Waals surface area (Å²) < 4.78 is 0. The summed E-state index contributed by atoms with van der Waals surface area (Å²) in [5.41, 5.74) is 1.59. The lowest BCUT2D eigenvalue weighted by molar-refractivity contribution is -0.123. The van der Waals surface area contributed by atoms with Crippen LogP contribution in [0.2, 0.25) is 0 Å². The second-order valence-electron chi connectivity index (χ2n) is 7.75. The van der Waals surface area contributed by atoms with Crippen molar-refractivity contribution in [1.82, 2.24) is 20.4 Å². The molecule has 6 nitrogen and oxygen atoms in total. The smallest absolute Gasteiger partial charge is 0.274 e. The summed E-state index contributed by atoms with van der Waals surface area (Å²) in [6, 6.07) is 1.96. The van der Waals surface area contributed by atoms with Gasteiger partial charge >= 0.3 is 0 Å². The molecule has 1 saturated heterocycles. The van der Waals surface area contributed by atoms with Crippen LogP contribution in [0.25, 0.3) is 0 Å². The van der Waals surface area contributed by atoms with Crippen LogP contribution >= 0.6 is 0 Å². The SMILES string of the molecule is CC(C)c1cc(C(=O)N2CC(NC(=O)C3CC3)C3(CC3)C2)n[nH]1. The highest BCUT2D eigenvalue weighted by Crippen LogP contribution is 2.53. The molecule has 1 aromatic rings. The van der Waals surface area contributed by atoms with Crippen molar-refractivity contribution < 1.29 is 9.59 Å². The van der Waals surface area contributed by atoms with Crippen molar-refractivity contribution >= 4 is 11.8 Å². The van der Waals surface area contributed by atoms with Gasteiger partial charge < -0.3 is 10.2 Å². The van der Waals surface area contributed by atoms with Crippen molar-refractivity contribution in [3.63, 3.8) is 0 Å². The van der Waals surface area contributed by atoms with Gasteiger partial charge in [0.05, 0.1) is 6.04 Å². The Balaban J connectivity index is 1.45. The van der Waals surface area contributed by atoms with Crippen LogP contribution in [0.4, 0.5) is 0 Å². The molecule has 0 bridgehead atoms. The van der Waals surface area contributed by atoms with Gasteiger partial charge in [0.2, 0.25) is 5.91 Å². The highest BCUT2D eigenvalue weighted by Gasteiger charge is 2.57. The van der Waals surface area contributed by atoms with Crippen molar-refractivity contribution in [3.8, 4) is 0 Å². The van der Waals surface area contributed by atoms with Gasteiger partial charge in [0.1, 0.15) is 5.69 Å². The van der Waals surface area contributed by atoms with E-state index in [4.69, 9.17) is 0 Å². The fraction of sp³-hybridized carbons (Fsp3) is 0.706. The molecule has 1 aliphatic heterocycles. The first-order valence-corrected chi connectivity index (χ1v) is 8.63. The van der Waals surface area contributed by atoms with Gasteiger partial charge in [0.15, 0.2) is 0 Å². The number of amides is 2. The van der Waals surface area contributed by atoms with E-state index in [0.717, 1.165) is 37.9 Å². The minimum Gasteiger partial charge on any atom is -0.351 e. The Morgan fingerprint density at radius 3 is 2.70 bits per heavy atom. The number of hydrogen-bond donors (Lipinski definition) is 2. The standard InChI is InChI=1S/C17H24N4O2/c1-10(2)12-7-13(20-19-12)16(23)21-8-14(17(9-21)5-6-17)18-15(22)11-3-4-11/h7,10-11,14H,3-6,8-9H2,1-2H3,(H,18,22)(H,19,20). The van der Waals surface area contributed by atoms with Gasteiger partial charge in [-0.05, 0) is 37.7 Å². The topological polar surface area (TPSA) is 78.1 Å². The molecule has 2 aliphatic carbocycles. The number of nitrogens with one attached hydrogen (secondary N) is 2. The molecular weight excluding hydrogens is 292 g/mol. The molecule has 2 heterocycles. The predicted molar refractivity (Wildman–Crippen MR) is 84.9 cm³/mol. The Morgan fingerprint density at radius 2 is 2.13 bits per heavy atom. The number of aromatic amines is 1. The van der Waals surface area contributed by atoms with Crippen LogP contribution in [0, 0.1) is 11.3 Å². The highest BCUT2D eigenvalue weighted by atomic mass is 16.2. The number of carbonyl (C=O) groups excluding carboxylic acids is 2. The first-order valence-electron chi connectivity index (χ1n) is 8.63. The van der Waals surface area contributed by atoms with Gasteiger partial charge in [-0.1, -0.05) is 13.8 Å². The third-order valence-corrected chi connectivity index (χ3v) is 5.53. The lowest BCUT2D eigenvalue weighted by atomic mass is 10.0. The highest BCUT2D eigenvalue weighted by molar-refractivity contribution is 5.93. The van der Waals surface area contributed by atoms with E-state index < -0.39 is 0 Å². The molecule has 6 heteroatoms. The van der Waals surface area contributed by atoms with E-state index in [-0.39, 0.29) is 29.2 Å². The van der Waals surface area contributed by atoms with E-state index in [0.29, 0.717) is 18.2 Å². The van der Waals surface area contributed by atoms with Gasteiger partial charge in [0, 0.05) is 30.1 Å². The molecule has 1 unspecified atom stereocenters. The van der Waals surface area contributed by atoms with Crippen LogP contribution in [0.1, 0.15) is 61.6 Å². The lowest BCUT2D eigenvalue weighted by Gasteiger charge is -2.18. The van der Waals surface area contributed by atoms with Crippen LogP contribution in [-0.2, 0) is 4.79 Å². The summed E-state index contributed by atoms with van der Waals surface area (Å²) in [6.07, 6.45) is 4.23. The molecule has 0 aromatic carbocycles. The van der Waals surface area contributed by atoms with Crippen molar-refractivity contribution in [2.75, 3.05) is 13.1 Å². The zero-order valence-corrected chi connectivity index (χ0v) is 13.8. The summed E-state index contributed by atoms with van der Waals surface area (Å²) in [4.78, 5) is 26.6. The first kappa shape index (κ1) is 14.7. The van der Waals surface area contributed by atoms with Crippen LogP contribution in [0.5, 0.6) is 0 Å². The Labute approximate surface area is 136 Å². The van der Waals surface area contributed by atoms with Crippen LogP contribution < -0.4 is 5.32 Å². The van der Waals surface area contributed by atoms with Crippen molar-refractivity contribution in [3.05, 3.63) is 17.5 Å². The number of rotatable bonds is 4. The average molecular weight is 316 g/mol. The van der Waals surface area contributed by atoms with Gasteiger partial charge in [-0.25, -0.2) is 0 Å². The minimum atomic E-state index is -0.0254. The van der Waals surface area contributed by atoms with Gasteiger partial charge in [-0.3, -0.25) is 14.7 Å². The molecule has 1 aromatic heterocycles. The number of hydrogen-bond acceptors (Lipinski definition) is 3. The lowest BCUT2D eigenvalue weighted by Crippen LogP contribution is -2.42. The summed E-state index contributed by atoms with van der Waals surface area (Å²) in [5.74, 6) is 0.693. The number of likely N-dealkylation sites (tertiary alicyclic amines) is 1. The number of carbonyl (C=O) groups is 2. The molecular formula is C17H24N4O2. The van der Waals surface area contributed by atoms with E-state index >= 15 is 0 Å². The van der Waals surface area contributed by atoms with Crippen molar-refractivity contribution in [2.24, 2.45) is 11.3 Å². The van der Waals surface area contributed by atoms with Crippen LogP contribution in [-0.4, -0.2) is 46.0 Å². The summed E-state index contributed by atoms with van der Waals surface area (Å²) in [5, 5.41) is 10.3. The second kappa shape index (κ2) is 5.08. The summed E-state index contributed by atoms with van der Waals surface area (Å²) in [6.45, 7) is 5.49. The normalized spacial score (nSPS) is 25.2. The van der Waals surface area contributed by atoms with Crippen molar-refractivity contribution in [1.29, 1.82) is 0 Å². The third-order valence-electron chi connectivity index (χ3n) is 5.53. The van der Waals surface area contributed by atoms with Crippen molar-refractivity contribution in [2.45, 2.75) is 51.5 Å². The summed E-state index contributed by atoms with van der Waals surface area (Å²) in [7, 11) is 0. The maximum absolute atomic E-state index is 12.7. The molecule has 3 fully saturated rings. The van der Waals surface area contributed by atoms with E-state index in [9.17, 15) is 9.59 Å². The molecule has 0 radical (unpaired) electrons. The largest absolute Gasteiger partial charge is 0.351 e. The van der Waals surface area contributed by atoms with E-state index in [2.05, 4.69) is 29.4 Å². The number of aromatic nitrogens is 2. The molecule has 124 valence electrons. The molecule has 1 spiro atoms. The van der Waals surface area contributed by atoms with E-state index in [1.165, 1.54) is 0 Å². The van der Waals surface area contributed by atoms with Gasteiger partial charge in [0.25, 0.3) is 5.91 Å². The Kier molecular flexibility index (Phi) is 3.25. The molecule has 23 heavy (non-hydrogen) atoms. The van der Waals surface area contributed by atoms with E-state index in [1.54, 1.807) is 0 Å². The van der Waals surface area contributed by atoms with Crippen LogP contribution in [0.15, 0.2) is 6.07 Å². The fourth-order valence-electron chi connectivity index (χ4n) is 3.53. The Hall–Kier alpha value is -1.85. The van der Waals surface area contributed by atoms with Gasteiger partial charge in [-0.2, -0.15) is 5.10 Å². The zero-order chi connectivity index (χ0) is 16.2. The maximum Gasteiger partial charge on any atom is 0.274 e. The minimum absolute atomic E-state index is 0.0254. The molecule has 2 amide bonds. The molecule has 4 rings (SSSR count). The predicted octanol–water partition coefficient (Wildman–Crippen LogP) is 1.66. The first-order chi connectivity index (χ1) is 11.0. The third kappa shape index (κ3) is 2.64. The molecule has 2 N–H and O–H groups in total. The maximum atomic E-state index is 12.7. The zero-order valence-electron chi connectivity index (χ0n) is 13.8. The molecule has 1 atom stereocenters. The fourth-order valence-corrected chi connectivity index (χ4v) is 3.53. The quantitative estimate of drug-likeness (QED) is 0.887. The average Bonchev–Trinajstić information content (AvgIpc) is 3.41.